The molecular formula is C25H32FN5O2. The Kier molecular flexibility index (Phi) is 7.65. The van der Waals surface area contributed by atoms with Gasteiger partial charge < -0.3 is 10.2 Å². The van der Waals surface area contributed by atoms with Crippen LogP contribution in [0, 0.1) is 5.92 Å². The molecule has 0 aliphatic carbocycles. The molecule has 2 aliphatic heterocycles. The number of hydrogen-bond donors (Lipinski definition) is 1. The van der Waals surface area contributed by atoms with Crippen molar-refractivity contribution in [1.29, 1.82) is 0 Å². The van der Waals surface area contributed by atoms with E-state index < -0.39 is 6.17 Å². The van der Waals surface area contributed by atoms with Gasteiger partial charge in [-0.2, -0.15) is 0 Å². The van der Waals surface area contributed by atoms with E-state index in [0.717, 1.165) is 57.6 Å². The fourth-order valence-corrected chi connectivity index (χ4v) is 4.73. The minimum absolute atomic E-state index is 0.0418. The first kappa shape index (κ1) is 23.3. The molecule has 176 valence electrons. The van der Waals surface area contributed by atoms with E-state index in [9.17, 15) is 14.0 Å². The molecule has 0 bridgehead atoms. The molecule has 0 spiro atoms. The molecular weight excluding hydrogens is 421 g/mol. The molecule has 2 aromatic rings. The minimum atomic E-state index is -1.15. The van der Waals surface area contributed by atoms with Gasteiger partial charge in [0.1, 0.15) is 18.2 Å². The van der Waals surface area contributed by atoms with Crippen molar-refractivity contribution in [2.45, 2.75) is 45.3 Å². The fourth-order valence-electron chi connectivity index (χ4n) is 4.73. The molecule has 1 fully saturated rings. The van der Waals surface area contributed by atoms with Gasteiger partial charge in [-0.05, 0) is 48.8 Å². The van der Waals surface area contributed by atoms with E-state index in [1.165, 1.54) is 17.5 Å². The molecule has 1 N–H and O–H groups in total. The van der Waals surface area contributed by atoms with Crippen LogP contribution < -0.4 is 5.32 Å². The third kappa shape index (κ3) is 6.35. The average molecular weight is 454 g/mol. The number of amides is 2. The number of nitrogens with zero attached hydrogens (tertiary/aromatic N) is 4. The topological polar surface area (TPSA) is 78.4 Å². The van der Waals surface area contributed by atoms with Crippen LogP contribution in [0.3, 0.4) is 0 Å². The first-order valence-corrected chi connectivity index (χ1v) is 11.8. The average Bonchev–Trinajstić information content (AvgIpc) is 2.83. The highest BCUT2D eigenvalue weighted by molar-refractivity contribution is 5.92. The molecule has 0 radical (unpaired) electrons. The molecule has 8 heteroatoms. The Morgan fingerprint density at radius 1 is 1.15 bits per heavy atom. The third-order valence-corrected chi connectivity index (χ3v) is 6.66. The molecule has 0 saturated carbocycles. The monoisotopic (exact) mass is 453 g/mol. The van der Waals surface area contributed by atoms with E-state index >= 15 is 0 Å². The van der Waals surface area contributed by atoms with Crippen LogP contribution in [-0.2, 0) is 24.2 Å². The number of carbonyl (C=O) groups is 2. The summed E-state index contributed by atoms with van der Waals surface area (Å²) in [4.78, 5) is 36.4. The maximum atomic E-state index is 14.6. The van der Waals surface area contributed by atoms with Crippen LogP contribution in [0.25, 0.3) is 0 Å². The Morgan fingerprint density at radius 3 is 2.67 bits per heavy atom. The van der Waals surface area contributed by atoms with E-state index in [4.69, 9.17) is 0 Å². The number of fused-ring (bicyclic) bond motifs is 1. The molecule has 1 aromatic carbocycles. The molecule has 1 unspecified atom stereocenters. The number of benzene rings is 1. The maximum absolute atomic E-state index is 14.6. The van der Waals surface area contributed by atoms with Gasteiger partial charge in [-0.1, -0.05) is 24.3 Å². The standard InChI is InChI=1S/C25H32FN5O2/c1-18(32)31-10-6-19(7-11-31)12-23-13-24(29-17-28-23)25(33)27-14-22(26)16-30-9-8-20-4-2-3-5-21(20)15-30/h2-5,13,17,19,22H,6-12,14-16H2,1H3,(H,27,33). The number of hydrogen-bond acceptors (Lipinski definition) is 5. The molecule has 7 nitrogen and oxygen atoms in total. The summed E-state index contributed by atoms with van der Waals surface area (Å²) in [6.45, 7) is 4.95. The lowest BCUT2D eigenvalue weighted by Gasteiger charge is -2.31. The predicted molar refractivity (Wildman–Crippen MR) is 123 cm³/mol. The number of piperidine rings is 1. The van der Waals surface area contributed by atoms with Crippen LogP contribution in [0.4, 0.5) is 4.39 Å². The Labute approximate surface area is 194 Å². The molecule has 2 aliphatic rings. The number of nitrogens with one attached hydrogen (secondary N) is 1. The van der Waals surface area contributed by atoms with Crippen LogP contribution in [-0.4, -0.2) is 70.5 Å². The van der Waals surface area contributed by atoms with Gasteiger partial charge >= 0.3 is 0 Å². The van der Waals surface area contributed by atoms with Crippen molar-refractivity contribution in [3.63, 3.8) is 0 Å². The summed E-state index contributed by atoms with van der Waals surface area (Å²) in [7, 11) is 0. The van der Waals surface area contributed by atoms with Crippen molar-refractivity contribution < 1.29 is 14.0 Å². The largest absolute Gasteiger partial charge is 0.348 e. The summed E-state index contributed by atoms with van der Waals surface area (Å²) in [5.41, 5.74) is 3.65. The second kappa shape index (κ2) is 10.8. The summed E-state index contributed by atoms with van der Waals surface area (Å²) < 4.78 is 14.6. The highest BCUT2D eigenvalue weighted by Crippen LogP contribution is 2.21. The number of alkyl halides is 1. The SMILES string of the molecule is CC(=O)N1CCC(Cc2cc(C(=O)NCC(F)CN3CCc4ccccc4C3)ncn2)CC1. The quantitative estimate of drug-likeness (QED) is 0.697. The van der Waals surface area contributed by atoms with E-state index in [-0.39, 0.29) is 24.1 Å². The molecule has 4 rings (SSSR count). The lowest BCUT2D eigenvalue weighted by molar-refractivity contribution is -0.130. The minimum Gasteiger partial charge on any atom is -0.348 e. The number of likely N-dealkylation sites (tertiary alicyclic amines) is 1. The summed E-state index contributed by atoms with van der Waals surface area (Å²) in [5.74, 6) is 0.165. The van der Waals surface area contributed by atoms with Crippen molar-refractivity contribution in [2.75, 3.05) is 32.7 Å². The second-order valence-electron chi connectivity index (χ2n) is 9.11. The molecule has 1 aromatic heterocycles. The zero-order valence-corrected chi connectivity index (χ0v) is 19.2. The molecule has 33 heavy (non-hydrogen) atoms. The summed E-state index contributed by atoms with van der Waals surface area (Å²) in [5, 5.41) is 2.68. The highest BCUT2D eigenvalue weighted by Gasteiger charge is 2.23. The third-order valence-electron chi connectivity index (χ3n) is 6.66. The Hall–Kier alpha value is -2.87. The second-order valence-corrected chi connectivity index (χ2v) is 9.11. The van der Waals surface area contributed by atoms with Crippen molar-refractivity contribution in [1.82, 2.24) is 25.1 Å². The van der Waals surface area contributed by atoms with Gasteiger partial charge in [0.2, 0.25) is 5.91 Å². The number of aromatic nitrogens is 2. The van der Waals surface area contributed by atoms with Crippen LogP contribution in [0.2, 0.25) is 0 Å². The lowest BCUT2D eigenvalue weighted by atomic mass is 9.92. The van der Waals surface area contributed by atoms with Gasteiger partial charge in [0.05, 0.1) is 6.54 Å². The molecule has 1 saturated heterocycles. The van der Waals surface area contributed by atoms with Crippen LogP contribution in [0.1, 0.15) is 47.1 Å². The lowest BCUT2D eigenvalue weighted by Crippen LogP contribution is -2.40. The zero-order chi connectivity index (χ0) is 23.2. The van der Waals surface area contributed by atoms with Crippen LogP contribution in [0.15, 0.2) is 36.7 Å². The maximum Gasteiger partial charge on any atom is 0.270 e. The van der Waals surface area contributed by atoms with Crippen LogP contribution in [0.5, 0.6) is 0 Å². The van der Waals surface area contributed by atoms with E-state index in [1.807, 2.05) is 17.0 Å². The first-order chi connectivity index (χ1) is 16.0. The van der Waals surface area contributed by atoms with E-state index in [2.05, 4.69) is 32.3 Å². The summed E-state index contributed by atoms with van der Waals surface area (Å²) in [6, 6.07) is 9.97. The number of halogens is 1. The summed E-state index contributed by atoms with van der Waals surface area (Å²) in [6.07, 6.45) is 3.77. The summed E-state index contributed by atoms with van der Waals surface area (Å²) >= 11 is 0. The zero-order valence-electron chi connectivity index (χ0n) is 19.2. The number of rotatable bonds is 7. The number of carbonyl (C=O) groups excluding carboxylic acids is 2. The van der Waals surface area contributed by atoms with Gasteiger partial charge in [0, 0.05) is 45.3 Å². The van der Waals surface area contributed by atoms with Gasteiger partial charge in [-0.25, -0.2) is 14.4 Å². The van der Waals surface area contributed by atoms with E-state index in [1.54, 1.807) is 13.0 Å². The van der Waals surface area contributed by atoms with Crippen molar-refractivity contribution >= 4 is 11.8 Å². The fraction of sp³-hybridized carbons (Fsp3) is 0.520. The van der Waals surface area contributed by atoms with Crippen LogP contribution >= 0.6 is 0 Å². The Bertz CT molecular complexity index is 977. The predicted octanol–water partition coefficient (Wildman–Crippen LogP) is 2.40. The molecule has 3 heterocycles. The highest BCUT2D eigenvalue weighted by atomic mass is 19.1. The van der Waals surface area contributed by atoms with Crippen molar-refractivity contribution in [2.24, 2.45) is 5.92 Å². The van der Waals surface area contributed by atoms with Gasteiger partial charge in [-0.15, -0.1) is 0 Å². The smallest absolute Gasteiger partial charge is 0.270 e. The first-order valence-electron chi connectivity index (χ1n) is 11.8. The molecule has 1 atom stereocenters. The van der Waals surface area contributed by atoms with E-state index in [0.29, 0.717) is 12.5 Å². The van der Waals surface area contributed by atoms with Crippen molar-refractivity contribution in [3.8, 4) is 0 Å². The van der Waals surface area contributed by atoms with Gasteiger partial charge in [-0.3, -0.25) is 14.5 Å². The Morgan fingerprint density at radius 2 is 1.91 bits per heavy atom. The van der Waals surface area contributed by atoms with Gasteiger partial charge in [0.15, 0.2) is 0 Å². The Balaban J connectivity index is 1.23. The van der Waals surface area contributed by atoms with Gasteiger partial charge in [0.25, 0.3) is 5.91 Å². The molecule has 2 amide bonds. The normalized spacial score (nSPS) is 17.9. The van der Waals surface area contributed by atoms with Crippen molar-refractivity contribution in [3.05, 3.63) is 59.2 Å².